The van der Waals surface area contributed by atoms with E-state index in [2.05, 4.69) is 60.5 Å². The van der Waals surface area contributed by atoms with Gasteiger partial charge < -0.3 is 4.57 Å². The number of rotatable bonds is 8. The summed E-state index contributed by atoms with van der Waals surface area (Å²) in [6.07, 6.45) is 0. The number of nitrogens with one attached hydrogen (secondary N) is 1. The summed E-state index contributed by atoms with van der Waals surface area (Å²) in [6.45, 7) is 6.13. The maximum atomic E-state index is 8.07. The highest BCUT2D eigenvalue weighted by molar-refractivity contribution is 6.33. The molecule has 0 aliphatic rings. The van der Waals surface area contributed by atoms with Crippen molar-refractivity contribution >= 4 is 34.5 Å². The molecule has 0 radical (unpaired) electrons. The van der Waals surface area contributed by atoms with Gasteiger partial charge in [-0.3, -0.25) is 5.41 Å². The van der Waals surface area contributed by atoms with Gasteiger partial charge in [0.15, 0.2) is 0 Å². The van der Waals surface area contributed by atoms with Crippen LogP contribution in [0.15, 0.2) is 176 Å². The second-order valence-electron chi connectivity index (χ2n) is 11.5. The molecule has 7 aromatic rings. The molecule has 0 aliphatic heterocycles. The van der Waals surface area contributed by atoms with Gasteiger partial charge in [0.05, 0.1) is 28.2 Å². The summed E-state index contributed by atoms with van der Waals surface area (Å²) < 4.78 is 2.26. The maximum Gasteiger partial charge on any atom is 0.143 e. The number of aromatic nitrogens is 2. The molecule has 1 unspecified atom stereocenters. The van der Waals surface area contributed by atoms with Crippen molar-refractivity contribution in [3.8, 4) is 33.9 Å². The van der Waals surface area contributed by atoms with Crippen molar-refractivity contribution in [3.05, 3.63) is 203 Å². The van der Waals surface area contributed by atoms with Crippen LogP contribution in [0, 0.1) is 5.41 Å². The Morgan fingerprint density at radius 1 is 0.592 bits per heavy atom. The number of allylic oxidation sites excluding steroid dienone is 1. The van der Waals surface area contributed by atoms with Crippen LogP contribution in [0.4, 0.5) is 0 Å². The van der Waals surface area contributed by atoms with Gasteiger partial charge in [0.25, 0.3) is 0 Å². The zero-order chi connectivity index (χ0) is 34.2. The van der Waals surface area contributed by atoms with Gasteiger partial charge in [-0.05, 0) is 41.8 Å². The van der Waals surface area contributed by atoms with Crippen LogP contribution in [-0.2, 0) is 0 Å². The molecule has 6 aromatic carbocycles. The molecular formula is C44H35Cl2N3. The Kier molecular flexibility index (Phi) is 10.6. The lowest BCUT2D eigenvalue weighted by Crippen LogP contribution is -2.11. The smallest absolute Gasteiger partial charge is 0.143 e. The van der Waals surface area contributed by atoms with E-state index in [0.29, 0.717) is 10.7 Å². The van der Waals surface area contributed by atoms with E-state index in [0.717, 1.165) is 61.2 Å². The van der Waals surface area contributed by atoms with E-state index in [9.17, 15) is 0 Å². The Bertz CT molecular complexity index is 2130. The highest BCUT2D eigenvalue weighted by Gasteiger charge is 2.26. The van der Waals surface area contributed by atoms with E-state index >= 15 is 0 Å². The third-order valence-electron chi connectivity index (χ3n) is 8.35. The Morgan fingerprint density at radius 3 is 1.63 bits per heavy atom. The highest BCUT2D eigenvalue weighted by atomic mass is 35.5. The van der Waals surface area contributed by atoms with Crippen LogP contribution < -0.4 is 0 Å². The first kappa shape index (κ1) is 33.4. The van der Waals surface area contributed by atoms with Gasteiger partial charge in [0, 0.05) is 27.3 Å². The Labute approximate surface area is 298 Å². The number of hydrogen-bond donors (Lipinski definition) is 1. The van der Waals surface area contributed by atoms with Crippen molar-refractivity contribution in [1.82, 2.24) is 9.55 Å². The zero-order valence-corrected chi connectivity index (χ0v) is 28.6. The molecule has 0 bridgehead atoms. The maximum absolute atomic E-state index is 8.07. The second-order valence-corrected chi connectivity index (χ2v) is 12.3. The van der Waals surface area contributed by atoms with Crippen LogP contribution in [0.25, 0.3) is 39.5 Å². The average molecular weight is 677 g/mol. The SMILES string of the molecule is C=C(C(=N)c1ccccc1)c1ccccc1.CC(c1ccccc1Cl)n1c(-c2ccccc2Cl)nc(-c2ccccc2)c1-c1ccccc1. The van der Waals surface area contributed by atoms with Gasteiger partial charge in [0.1, 0.15) is 5.82 Å². The van der Waals surface area contributed by atoms with Crippen molar-refractivity contribution in [1.29, 1.82) is 5.41 Å². The molecule has 49 heavy (non-hydrogen) atoms. The Balaban J connectivity index is 0.000000218. The minimum Gasteiger partial charge on any atom is -0.316 e. The average Bonchev–Trinajstić information content (AvgIpc) is 3.56. The first-order valence-electron chi connectivity index (χ1n) is 16.0. The molecule has 1 atom stereocenters. The molecule has 3 nitrogen and oxygen atoms in total. The van der Waals surface area contributed by atoms with Gasteiger partial charge >= 0.3 is 0 Å². The lowest BCUT2D eigenvalue weighted by atomic mass is 9.98. The molecule has 5 heteroatoms. The van der Waals surface area contributed by atoms with E-state index in [1.807, 2.05) is 127 Å². The largest absolute Gasteiger partial charge is 0.316 e. The quantitative estimate of drug-likeness (QED) is 0.160. The standard InChI is InChI=1S/C29H22Cl2N2.C15H13N/c1-20(23-16-8-10-18-25(23)30)33-28(22-14-6-3-7-15-22)27(21-12-4-2-5-13-21)32-29(33)24-17-9-11-19-26(24)31;1-12(13-8-4-2-5-9-13)15(16)14-10-6-3-7-11-14/h2-20H,1H3;2-11,16H,1H2. The first-order chi connectivity index (χ1) is 23.9. The van der Waals surface area contributed by atoms with Gasteiger partial charge in [0.2, 0.25) is 0 Å². The summed E-state index contributed by atoms with van der Waals surface area (Å²) in [5.74, 6) is 0.811. The number of benzene rings is 6. The topological polar surface area (TPSA) is 41.7 Å². The number of nitrogens with zero attached hydrogens (tertiary/aromatic N) is 2. The third-order valence-corrected chi connectivity index (χ3v) is 9.02. The summed E-state index contributed by atoms with van der Waals surface area (Å²) in [6, 6.07) is 55.9. The minimum absolute atomic E-state index is 0.0786. The van der Waals surface area contributed by atoms with E-state index < -0.39 is 0 Å². The zero-order valence-electron chi connectivity index (χ0n) is 27.1. The molecular weight excluding hydrogens is 641 g/mol. The van der Waals surface area contributed by atoms with Crippen molar-refractivity contribution in [2.24, 2.45) is 0 Å². The second kappa shape index (κ2) is 15.6. The molecule has 1 heterocycles. The summed E-state index contributed by atoms with van der Waals surface area (Å²) >= 11 is 13.3. The minimum atomic E-state index is -0.0786. The lowest BCUT2D eigenvalue weighted by Gasteiger charge is -2.22. The molecule has 240 valence electrons. The lowest BCUT2D eigenvalue weighted by molar-refractivity contribution is 0.652. The predicted octanol–water partition coefficient (Wildman–Crippen LogP) is 12.6. The molecule has 1 aromatic heterocycles. The normalized spacial score (nSPS) is 11.2. The fourth-order valence-electron chi connectivity index (χ4n) is 5.83. The fourth-order valence-corrected chi connectivity index (χ4v) is 6.34. The van der Waals surface area contributed by atoms with E-state index in [1.54, 1.807) is 0 Å². The molecule has 1 N–H and O–H groups in total. The summed E-state index contributed by atoms with van der Waals surface area (Å²) in [5, 5.41) is 9.46. The molecule has 7 rings (SSSR count). The van der Waals surface area contributed by atoms with Crippen LogP contribution in [0.3, 0.4) is 0 Å². The number of halogens is 2. The Hall–Kier alpha value is -5.48. The summed E-state index contributed by atoms with van der Waals surface area (Å²) in [7, 11) is 0. The number of imidazole rings is 1. The molecule has 0 aliphatic carbocycles. The van der Waals surface area contributed by atoms with Crippen molar-refractivity contribution in [3.63, 3.8) is 0 Å². The van der Waals surface area contributed by atoms with Gasteiger partial charge in [-0.1, -0.05) is 181 Å². The Morgan fingerprint density at radius 2 is 1.06 bits per heavy atom. The molecule has 0 amide bonds. The van der Waals surface area contributed by atoms with Gasteiger partial charge in [-0.25, -0.2) is 4.98 Å². The van der Waals surface area contributed by atoms with Crippen molar-refractivity contribution in [2.75, 3.05) is 0 Å². The molecule has 0 saturated carbocycles. The first-order valence-corrected chi connectivity index (χ1v) is 16.8. The highest BCUT2D eigenvalue weighted by Crippen LogP contribution is 2.42. The van der Waals surface area contributed by atoms with Crippen LogP contribution in [-0.4, -0.2) is 15.3 Å². The summed E-state index contributed by atoms with van der Waals surface area (Å²) in [4.78, 5) is 5.20. The predicted molar refractivity (Wildman–Crippen MR) is 208 cm³/mol. The van der Waals surface area contributed by atoms with Crippen LogP contribution in [0.2, 0.25) is 10.0 Å². The number of hydrogen-bond acceptors (Lipinski definition) is 2. The van der Waals surface area contributed by atoms with Crippen molar-refractivity contribution < 1.29 is 0 Å². The van der Waals surface area contributed by atoms with E-state index in [-0.39, 0.29) is 6.04 Å². The summed E-state index contributed by atoms with van der Waals surface area (Å²) in [5.41, 5.74) is 9.13. The van der Waals surface area contributed by atoms with Crippen LogP contribution in [0.5, 0.6) is 0 Å². The molecule has 0 spiro atoms. The fraction of sp³-hybridized carbons (Fsp3) is 0.0455. The van der Waals surface area contributed by atoms with Crippen molar-refractivity contribution in [2.45, 2.75) is 13.0 Å². The molecule has 0 fully saturated rings. The van der Waals surface area contributed by atoms with Crippen LogP contribution in [0.1, 0.15) is 29.7 Å². The van der Waals surface area contributed by atoms with Gasteiger partial charge in [-0.2, -0.15) is 0 Å². The van der Waals surface area contributed by atoms with Gasteiger partial charge in [-0.15, -0.1) is 0 Å². The molecule has 0 saturated heterocycles. The van der Waals surface area contributed by atoms with E-state index in [1.165, 1.54) is 0 Å². The van der Waals surface area contributed by atoms with E-state index in [4.69, 9.17) is 33.6 Å². The third kappa shape index (κ3) is 7.49. The monoisotopic (exact) mass is 675 g/mol. The van der Waals surface area contributed by atoms with Crippen LogP contribution >= 0.6 is 23.2 Å².